The van der Waals surface area contributed by atoms with Crippen LogP contribution in [-0.4, -0.2) is 47.4 Å². The van der Waals surface area contributed by atoms with E-state index >= 15 is 0 Å². The van der Waals surface area contributed by atoms with Crippen LogP contribution < -0.4 is 4.90 Å². The van der Waals surface area contributed by atoms with E-state index in [0.29, 0.717) is 25.5 Å². The summed E-state index contributed by atoms with van der Waals surface area (Å²) in [5.74, 6) is -3.17. The Morgan fingerprint density at radius 3 is 2.48 bits per heavy atom. The first-order valence-corrected chi connectivity index (χ1v) is 7.57. The first-order valence-electron chi connectivity index (χ1n) is 7.57. The summed E-state index contributed by atoms with van der Waals surface area (Å²) < 4.78 is 36.5. The third-order valence-corrected chi connectivity index (χ3v) is 3.50. The van der Waals surface area contributed by atoms with Crippen LogP contribution in [0.2, 0.25) is 0 Å². The van der Waals surface area contributed by atoms with E-state index in [0.717, 1.165) is 6.92 Å². The fourth-order valence-electron chi connectivity index (χ4n) is 2.40. The van der Waals surface area contributed by atoms with Gasteiger partial charge in [-0.2, -0.15) is 8.78 Å². The zero-order chi connectivity index (χ0) is 17.4. The molecule has 1 atom stereocenters. The molecule has 1 amide bonds. The molecule has 1 fully saturated rings. The van der Waals surface area contributed by atoms with Crippen LogP contribution in [0.1, 0.15) is 40.4 Å². The van der Waals surface area contributed by atoms with Gasteiger partial charge in [0.05, 0.1) is 0 Å². The van der Waals surface area contributed by atoms with Gasteiger partial charge in [0.2, 0.25) is 5.76 Å². The van der Waals surface area contributed by atoms with E-state index in [1.54, 1.807) is 4.90 Å². The molecule has 2 rings (SSSR count). The summed E-state index contributed by atoms with van der Waals surface area (Å²) >= 11 is 0. The van der Waals surface area contributed by atoms with Crippen LogP contribution in [0.3, 0.4) is 0 Å². The Hall–Kier alpha value is -1.86. The molecular formula is C15H23F2N3O3. The summed E-state index contributed by atoms with van der Waals surface area (Å²) in [4.78, 5) is 15.5. The molecule has 1 aromatic rings. The van der Waals surface area contributed by atoms with E-state index in [1.165, 1.54) is 6.07 Å². The summed E-state index contributed by atoms with van der Waals surface area (Å²) in [7, 11) is 0. The second-order valence-electron chi connectivity index (χ2n) is 6.91. The van der Waals surface area contributed by atoms with Crippen LogP contribution in [0.5, 0.6) is 0 Å². The van der Waals surface area contributed by atoms with Crippen molar-refractivity contribution in [3.05, 3.63) is 11.8 Å². The van der Waals surface area contributed by atoms with Crippen molar-refractivity contribution in [2.45, 2.75) is 52.2 Å². The Bertz CT molecular complexity index is 563. The Morgan fingerprint density at radius 1 is 1.35 bits per heavy atom. The SMILES string of the molecule is C[C@@H]1CN(C(=O)OC(C)(C)C)CCN1c1cc(C(C)(F)F)on1. The molecule has 23 heavy (non-hydrogen) atoms. The number of halogens is 2. The molecule has 2 heterocycles. The van der Waals surface area contributed by atoms with Crippen LogP contribution in [0.15, 0.2) is 10.6 Å². The van der Waals surface area contributed by atoms with Gasteiger partial charge >= 0.3 is 12.0 Å². The average molecular weight is 331 g/mol. The normalized spacial score (nSPS) is 19.9. The highest BCUT2D eigenvalue weighted by atomic mass is 19.3. The molecule has 0 unspecified atom stereocenters. The van der Waals surface area contributed by atoms with Crippen molar-refractivity contribution < 1.29 is 22.8 Å². The minimum Gasteiger partial charge on any atom is -0.444 e. The number of carbonyl (C=O) groups excluding carboxylic acids is 1. The van der Waals surface area contributed by atoms with Gasteiger partial charge in [-0.1, -0.05) is 5.16 Å². The molecule has 0 spiro atoms. The standard InChI is InChI=1S/C15H23F2N3O3/c1-10-9-19(13(21)22-14(2,3)4)6-7-20(10)12-8-11(23-18-12)15(5,16)17/h8,10H,6-7,9H2,1-5H3/t10-/m1/s1. The number of piperazine rings is 1. The lowest BCUT2D eigenvalue weighted by atomic mass is 10.2. The Kier molecular flexibility index (Phi) is 4.54. The lowest BCUT2D eigenvalue weighted by Crippen LogP contribution is -2.54. The van der Waals surface area contributed by atoms with E-state index < -0.39 is 17.3 Å². The monoisotopic (exact) mass is 331 g/mol. The third-order valence-electron chi connectivity index (χ3n) is 3.50. The third kappa shape index (κ3) is 4.33. The number of ether oxygens (including phenoxy) is 1. The predicted molar refractivity (Wildman–Crippen MR) is 80.7 cm³/mol. The van der Waals surface area contributed by atoms with Crippen molar-refractivity contribution in [2.75, 3.05) is 24.5 Å². The smallest absolute Gasteiger partial charge is 0.410 e. The van der Waals surface area contributed by atoms with Crippen LogP contribution in [0.4, 0.5) is 19.4 Å². The van der Waals surface area contributed by atoms with Crippen molar-refractivity contribution in [3.63, 3.8) is 0 Å². The minimum absolute atomic E-state index is 0.0836. The lowest BCUT2D eigenvalue weighted by molar-refractivity contribution is -0.0105. The largest absolute Gasteiger partial charge is 0.444 e. The summed E-state index contributed by atoms with van der Waals surface area (Å²) in [6, 6.07) is 1.17. The number of nitrogens with zero attached hydrogens (tertiary/aromatic N) is 3. The summed E-state index contributed by atoms with van der Waals surface area (Å²) in [6.45, 7) is 9.44. The van der Waals surface area contributed by atoms with Crippen LogP contribution in [0.25, 0.3) is 0 Å². The van der Waals surface area contributed by atoms with E-state index in [9.17, 15) is 13.6 Å². The topological polar surface area (TPSA) is 58.8 Å². The van der Waals surface area contributed by atoms with Gasteiger partial charge in [0, 0.05) is 38.7 Å². The first-order chi connectivity index (χ1) is 10.5. The molecule has 0 saturated carbocycles. The lowest BCUT2D eigenvalue weighted by Gasteiger charge is -2.40. The molecule has 1 aliphatic heterocycles. The Balaban J connectivity index is 2.02. The molecule has 0 aromatic carbocycles. The van der Waals surface area contributed by atoms with Crippen molar-refractivity contribution in [3.8, 4) is 0 Å². The molecule has 0 N–H and O–H groups in total. The zero-order valence-corrected chi connectivity index (χ0v) is 14.1. The highest BCUT2D eigenvalue weighted by molar-refractivity contribution is 5.68. The fraction of sp³-hybridized carbons (Fsp3) is 0.733. The first kappa shape index (κ1) is 17.5. The Labute approximate surface area is 134 Å². The zero-order valence-electron chi connectivity index (χ0n) is 14.1. The van der Waals surface area contributed by atoms with Gasteiger partial charge in [-0.15, -0.1) is 0 Å². The second-order valence-corrected chi connectivity index (χ2v) is 6.91. The van der Waals surface area contributed by atoms with Crippen LogP contribution in [0, 0.1) is 0 Å². The number of anilines is 1. The van der Waals surface area contributed by atoms with Gasteiger partial charge in [-0.3, -0.25) is 0 Å². The van der Waals surface area contributed by atoms with Crippen LogP contribution >= 0.6 is 0 Å². The molecule has 0 bridgehead atoms. The number of hydrogen-bond donors (Lipinski definition) is 0. The highest BCUT2D eigenvalue weighted by Crippen LogP contribution is 2.31. The van der Waals surface area contributed by atoms with Crippen molar-refractivity contribution in [1.29, 1.82) is 0 Å². The molecule has 0 radical (unpaired) electrons. The molecule has 1 saturated heterocycles. The van der Waals surface area contributed by atoms with Crippen LogP contribution in [-0.2, 0) is 10.7 Å². The number of amides is 1. The quantitative estimate of drug-likeness (QED) is 0.833. The number of carbonyl (C=O) groups is 1. The van der Waals surface area contributed by atoms with Crippen molar-refractivity contribution in [2.24, 2.45) is 0 Å². The summed E-state index contributed by atoms with van der Waals surface area (Å²) in [5.41, 5.74) is -0.550. The second kappa shape index (κ2) is 5.98. The van der Waals surface area contributed by atoms with Crippen molar-refractivity contribution >= 4 is 11.9 Å². The van der Waals surface area contributed by atoms with E-state index in [2.05, 4.69) is 5.16 Å². The number of rotatable bonds is 2. The van der Waals surface area contributed by atoms with Crippen molar-refractivity contribution in [1.82, 2.24) is 10.1 Å². The maximum absolute atomic E-state index is 13.2. The molecule has 130 valence electrons. The Morgan fingerprint density at radius 2 is 2.00 bits per heavy atom. The summed E-state index contributed by atoms with van der Waals surface area (Å²) in [6.07, 6.45) is -0.370. The van der Waals surface area contributed by atoms with E-state index in [1.807, 2.05) is 32.6 Å². The van der Waals surface area contributed by atoms with Gasteiger partial charge in [0.25, 0.3) is 0 Å². The molecule has 1 aromatic heterocycles. The van der Waals surface area contributed by atoms with Gasteiger partial charge < -0.3 is 19.1 Å². The number of aromatic nitrogens is 1. The van der Waals surface area contributed by atoms with Gasteiger partial charge in [-0.25, -0.2) is 4.79 Å². The fourth-order valence-corrected chi connectivity index (χ4v) is 2.40. The highest BCUT2D eigenvalue weighted by Gasteiger charge is 2.34. The van der Waals surface area contributed by atoms with Gasteiger partial charge in [0.1, 0.15) is 5.60 Å². The number of alkyl halides is 2. The minimum atomic E-state index is -3.06. The van der Waals surface area contributed by atoms with Gasteiger partial charge in [-0.05, 0) is 27.7 Å². The maximum atomic E-state index is 13.2. The molecule has 8 heteroatoms. The predicted octanol–water partition coefficient (Wildman–Crippen LogP) is 3.23. The molecule has 6 nitrogen and oxygen atoms in total. The molecule has 1 aliphatic rings. The molecular weight excluding hydrogens is 308 g/mol. The maximum Gasteiger partial charge on any atom is 0.410 e. The van der Waals surface area contributed by atoms with Gasteiger partial charge in [0.15, 0.2) is 5.82 Å². The average Bonchev–Trinajstić information content (AvgIpc) is 2.85. The van der Waals surface area contributed by atoms with E-state index in [-0.39, 0.29) is 12.1 Å². The number of hydrogen-bond acceptors (Lipinski definition) is 5. The van der Waals surface area contributed by atoms with E-state index in [4.69, 9.17) is 9.26 Å². The summed E-state index contributed by atoms with van der Waals surface area (Å²) in [5, 5.41) is 3.72. The molecule has 0 aliphatic carbocycles.